The monoisotopic (exact) mass is 425 g/mol. The summed E-state index contributed by atoms with van der Waals surface area (Å²) in [6.45, 7) is 2.01. The molecular formula is C22H20FN3OS2. The summed E-state index contributed by atoms with van der Waals surface area (Å²) in [5.74, 6) is -0.730. The van der Waals surface area contributed by atoms with Gasteiger partial charge in [0.1, 0.15) is 11.6 Å². The Balaban J connectivity index is 2.01. The fourth-order valence-electron chi connectivity index (χ4n) is 4.18. The first kappa shape index (κ1) is 19.7. The second kappa shape index (κ2) is 7.69. The highest BCUT2D eigenvalue weighted by molar-refractivity contribution is 8.00. The highest BCUT2D eigenvalue weighted by Crippen LogP contribution is 2.49. The lowest BCUT2D eigenvalue weighted by atomic mass is 9.76. The summed E-state index contributed by atoms with van der Waals surface area (Å²) >= 11 is 3.25. The molecule has 148 valence electrons. The average Bonchev–Trinajstić information content (AvgIpc) is 3.08. The summed E-state index contributed by atoms with van der Waals surface area (Å²) < 4.78 is 15.7. The van der Waals surface area contributed by atoms with E-state index in [0.717, 1.165) is 14.6 Å². The third kappa shape index (κ3) is 3.17. The van der Waals surface area contributed by atoms with Gasteiger partial charge in [-0.1, -0.05) is 12.1 Å². The third-order valence-electron chi connectivity index (χ3n) is 5.35. The molecule has 0 fully saturated rings. The van der Waals surface area contributed by atoms with Gasteiger partial charge in [-0.05, 0) is 49.8 Å². The number of thioether (sulfide) groups is 1. The van der Waals surface area contributed by atoms with E-state index in [2.05, 4.69) is 6.07 Å². The van der Waals surface area contributed by atoms with Crippen LogP contribution in [0.15, 0.2) is 57.2 Å². The molecule has 0 bridgehead atoms. The van der Waals surface area contributed by atoms with Gasteiger partial charge >= 0.3 is 0 Å². The SMILES string of the molecule is CSc1sc(C)cc1[C@@H]1C(C#N)=C(N)N(c2ccccc2F)C2=C1C(=O)CCC2. The average molecular weight is 426 g/mol. The molecule has 1 aromatic heterocycles. The van der Waals surface area contributed by atoms with Gasteiger partial charge < -0.3 is 5.73 Å². The van der Waals surface area contributed by atoms with Crippen LogP contribution in [-0.4, -0.2) is 12.0 Å². The molecule has 4 rings (SSSR count). The molecule has 29 heavy (non-hydrogen) atoms. The van der Waals surface area contributed by atoms with Gasteiger partial charge in [-0.15, -0.1) is 23.1 Å². The molecule has 1 aliphatic heterocycles. The molecule has 0 saturated heterocycles. The zero-order valence-electron chi connectivity index (χ0n) is 16.2. The molecule has 7 heteroatoms. The number of hydrogen-bond acceptors (Lipinski definition) is 6. The number of halogens is 1. The third-order valence-corrected chi connectivity index (χ3v) is 7.57. The van der Waals surface area contributed by atoms with E-state index in [4.69, 9.17) is 5.73 Å². The summed E-state index contributed by atoms with van der Waals surface area (Å²) in [5, 5.41) is 10.0. The van der Waals surface area contributed by atoms with Crippen molar-refractivity contribution in [3.8, 4) is 6.07 Å². The molecule has 4 nitrogen and oxygen atoms in total. The number of anilines is 1. The smallest absolute Gasteiger partial charge is 0.161 e. The van der Waals surface area contributed by atoms with Gasteiger partial charge in [0.05, 0.1) is 27.5 Å². The van der Waals surface area contributed by atoms with Gasteiger partial charge in [0, 0.05) is 22.6 Å². The Bertz CT molecular complexity index is 1110. The lowest BCUT2D eigenvalue weighted by Gasteiger charge is -2.39. The standard InChI is InChI=1S/C22H20FN3OS2/c1-12-10-13(22(28-2)29-12)19-14(11-24)21(25)26(16-7-4-3-6-15(16)23)17-8-5-9-18(27)20(17)19/h3-4,6-7,10,19H,5,8-9,25H2,1-2H3/t19-/m1/s1. The lowest BCUT2D eigenvalue weighted by molar-refractivity contribution is -0.116. The number of nitrogens with two attached hydrogens (primary N) is 1. The van der Waals surface area contributed by atoms with Crippen molar-refractivity contribution >= 4 is 34.6 Å². The Morgan fingerprint density at radius 3 is 2.79 bits per heavy atom. The Labute approximate surface area is 177 Å². The molecule has 1 aliphatic carbocycles. The van der Waals surface area contributed by atoms with Gasteiger partial charge in [-0.3, -0.25) is 9.69 Å². The van der Waals surface area contributed by atoms with E-state index in [9.17, 15) is 14.4 Å². The highest BCUT2D eigenvalue weighted by Gasteiger charge is 2.41. The van der Waals surface area contributed by atoms with Crippen molar-refractivity contribution in [2.24, 2.45) is 5.73 Å². The maximum atomic E-state index is 14.7. The van der Waals surface area contributed by atoms with E-state index >= 15 is 0 Å². The summed E-state index contributed by atoms with van der Waals surface area (Å²) in [6, 6.07) is 10.6. The number of carbonyl (C=O) groups excluding carboxylic acids is 1. The second-order valence-corrected chi connectivity index (χ2v) is 9.40. The Morgan fingerprint density at radius 2 is 2.10 bits per heavy atom. The van der Waals surface area contributed by atoms with Crippen LogP contribution in [0.2, 0.25) is 0 Å². The number of carbonyl (C=O) groups is 1. The number of Topliss-reactive ketones (excluding diaryl/α,β-unsaturated/α-hetero) is 1. The van der Waals surface area contributed by atoms with E-state index < -0.39 is 11.7 Å². The van der Waals surface area contributed by atoms with E-state index in [0.29, 0.717) is 36.1 Å². The van der Waals surface area contributed by atoms with E-state index in [-0.39, 0.29) is 17.3 Å². The van der Waals surface area contributed by atoms with E-state index in [1.807, 2.05) is 19.2 Å². The van der Waals surface area contributed by atoms with E-state index in [1.165, 1.54) is 6.07 Å². The number of nitriles is 1. The fraction of sp³-hybridized carbons (Fsp3) is 0.273. The molecule has 0 spiro atoms. The molecule has 2 heterocycles. The van der Waals surface area contributed by atoms with Crippen LogP contribution in [0.25, 0.3) is 0 Å². The number of nitrogens with zero attached hydrogens (tertiary/aromatic N) is 2. The maximum Gasteiger partial charge on any atom is 0.161 e. The molecule has 1 aromatic carbocycles. The molecule has 2 N–H and O–H groups in total. The van der Waals surface area contributed by atoms with Crippen molar-refractivity contribution in [3.63, 3.8) is 0 Å². The minimum absolute atomic E-state index is 0.00810. The number of thiophene rings is 1. The normalized spacial score (nSPS) is 19.4. The number of rotatable bonds is 3. The number of hydrogen-bond donors (Lipinski definition) is 1. The largest absolute Gasteiger partial charge is 0.384 e. The molecule has 1 atom stereocenters. The fourth-order valence-corrected chi connectivity index (χ4v) is 6.09. The minimum atomic E-state index is -0.502. The molecule has 2 aliphatic rings. The molecule has 0 unspecified atom stereocenters. The first-order valence-corrected chi connectivity index (χ1v) is 11.4. The predicted octanol–water partition coefficient (Wildman–Crippen LogP) is 5.22. The molecular weight excluding hydrogens is 405 g/mol. The van der Waals surface area contributed by atoms with Crippen molar-refractivity contribution in [3.05, 3.63) is 69.3 Å². The van der Waals surface area contributed by atoms with Crippen molar-refractivity contribution in [2.45, 2.75) is 36.3 Å². The predicted molar refractivity (Wildman–Crippen MR) is 115 cm³/mol. The molecule has 2 aromatic rings. The van der Waals surface area contributed by atoms with Gasteiger partial charge in [-0.25, -0.2) is 4.39 Å². The Kier molecular flexibility index (Phi) is 5.24. The quantitative estimate of drug-likeness (QED) is 0.683. The molecule has 0 radical (unpaired) electrons. The topological polar surface area (TPSA) is 70.1 Å². The van der Waals surface area contributed by atoms with E-state index in [1.54, 1.807) is 46.2 Å². The van der Waals surface area contributed by atoms with Gasteiger partial charge in [0.15, 0.2) is 5.78 Å². The highest BCUT2D eigenvalue weighted by atomic mass is 32.2. The molecule has 0 amide bonds. The van der Waals surface area contributed by atoms with Crippen LogP contribution in [-0.2, 0) is 4.79 Å². The number of ketones is 1. The van der Waals surface area contributed by atoms with Crippen LogP contribution in [0.1, 0.15) is 35.6 Å². The second-order valence-electron chi connectivity index (χ2n) is 7.07. The van der Waals surface area contributed by atoms with Crippen LogP contribution in [0.4, 0.5) is 10.1 Å². The lowest BCUT2D eigenvalue weighted by Crippen LogP contribution is -2.39. The van der Waals surface area contributed by atoms with Crippen LogP contribution < -0.4 is 10.6 Å². The number of para-hydroxylation sites is 1. The van der Waals surface area contributed by atoms with Crippen LogP contribution in [0, 0.1) is 24.1 Å². The van der Waals surface area contributed by atoms with Crippen LogP contribution >= 0.6 is 23.1 Å². The van der Waals surface area contributed by atoms with Crippen molar-refractivity contribution in [1.82, 2.24) is 0 Å². The van der Waals surface area contributed by atoms with Gasteiger partial charge in [-0.2, -0.15) is 5.26 Å². The minimum Gasteiger partial charge on any atom is -0.384 e. The van der Waals surface area contributed by atoms with Crippen molar-refractivity contribution in [2.75, 3.05) is 11.2 Å². The zero-order chi connectivity index (χ0) is 20.7. The number of aryl methyl sites for hydroxylation is 1. The van der Waals surface area contributed by atoms with Crippen molar-refractivity contribution in [1.29, 1.82) is 5.26 Å². The van der Waals surface area contributed by atoms with Crippen LogP contribution in [0.5, 0.6) is 0 Å². The zero-order valence-corrected chi connectivity index (χ0v) is 17.8. The summed E-state index contributed by atoms with van der Waals surface area (Å²) in [6.07, 6.45) is 3.71. The van der Waals surface area contributed by atoms with Gasteiger partial charge in [0.2, 0.25) is 0 Å². The summed E-state index contributed by atoms with van der Waals surface area (Å²) in [7, 11) is 0. The first-order chi connectivity index (χ1) is 14.0. The summed E-state index contributed by atoms with van der Waals surface area (Å²) in [4.78, 5) is 15.8. The first-order valence-electron chi connectivity index (χ1n) is 9.32. The number of benzene rings is 1. The number of allylic oxidation sites excluding steroid dienone is 3. The van der Waals surface area contributed by atoms with Crippen LogP contribution in [0.3, 0.4) is 0 Å². The Hall–Kier alpha value is -2.56. The Morgan fingerprint density at radius 1 is 1.34 bits per heavy atom. The summed E-state index contributed by atoms with van der Waals surface area (Å²) in [5.41, 5.74) is 9.28. The maximum absolute atomic E-state index is 14.7. The van der Waals surface area contributed by atoms with Crippen molar-refractivity contribution < 1.29 is 9.18 Å². The van der Waals surface area contributed by atoms with Gasteiger partial charge in [0.25, 0.3) is 0 Å². The molecule has 0 saturated carbocycles.